The number of ether oxygens (including phenoxy) is 2. The quantitative estimate of drug-likeness (QED) is 0.581. The summed E-state index contributed by atoms with van der Waals surface area (Å²) in [5.41, 5.74) is 4.05. The molecule has 2 amide bonds. The first-order chi connectivity index (χ1) is 16.0. The van der Waals surface area contributed by atoms with Gasteiger partial charge in [0.15, 0.2) is 11.5 Å². The first-order valence-electron chi connectivity index (χ1n) is 11.1. The molecular weight excluding hydrogens is 416 g/mol. The number of hydrogen-bond acceptors (Lipinski definition) is 4. The molecule has 6 heteroatoms. The van der Waals surface area contributed by atoms with Crippen LogP contribution in [0.25, 0.3) is 0 Å². The largest absolute Gasteiger partial charge is 0.493 e. The van der Waals surface area contributed by atoms with E-state index < -0.39 is 6.04 Å². The van der Waals surface area contributed by atoms with Gasteiger partial charge in [-0.1, -0.05) is 35.9 Å². The number of aryl methyl sites for hydroxylation is 2. The van der Waals surface area contributed by atoms with Crippen LogP contribution in [-0.2, 0) is 11.2 Å². The van der Waals surface area contributed by atoms with Crippen LogP contribution in [0.5, 0.6) is 11.5 Å². The van der Waals surface area contributed by atoms with Crippen molar-refractivity contribution in [1.82, 2.24) is 0 Å². The number of hydrogen-bond donors (Lipinski definition) is 1. The number of carbonyl (C=O) groups excluding carboxylic acids is 2. The number of amides is 2. The van der Waals surface area contributed by atoms with Crippen molar-refractivity contribution in [3.05, 3.63) is 83.4 Å². The normalized spacial score (nSPS) is 14.9. The highest BCUT2D eigenvalue weighted by Gasteiger charge is 2.36. The van der Waals surface area contributed by atoms with Gasteiger partial charge in [-0.2, -0.15) is 0 Å². The van der Waals surface area contributed by atoms with E-state index in [0.717, 1.165) is 23.2 Å². The monoisotopic (exact) mass is 444 g/mol. The maximum atomic E-state index is 13.8. The summed E-state index contributed by atoms with van der Waals surface area (Å²) in [5.74, 6) is 0.588. The van der Waals surface area contributed by atoms with Gasteiger partial charge >= 0.3 is 0 Å². The molecule has 3 aromatic rings. The van der Waals surface area contributed by atoms with Gasteiger partial charge in [-0.3, -0.25) is 14.5 Å². The highest BCUT2D eigenvalue weighted by atomic mass is 16.5. The molecule has 1 N–H and O–H groups in total. The van der Waals surface area contributed by atoms with Crippen molar-refractivity contribution in [2.24, 2.45) is 0 Å². The second kappa shape index (κ2) is 9.77. The molecule has 4 rings (SSSR count). The Morgan fingerprint density at radius 2 is 1.79 bits per heavy atom. The van der Waals surface area contributed by atoms with Gasteiger partial charge in [0.05, 0.1) is 13.7 Å². The minimum Gasteiger partial charge on any atom is -0.493 e. The molecule has 0 spiro atoms. The van der Waals surface area contributed by atoms with Gasteiger partial charge in [0.25, 0.3) is 5.91 Å². The molecule has 33 heavy (non-hydrogen) atoms. The topological polar surface area (TPSA) is 67.9 Å². The van der Waals surface area contributed by atoms with Crippen molar-refractivity contribution in [1.29, 1.82) is 0 Å². The Morgan fingerprint density at radius 3 is 2.52 bits per heavy atom. The zero-order chi connectivity index (χ0) is 23.4. The molecule has 0 bridgehead atoms. The number of benzene rings is 3. The predicted molar refractivity (Wildman–Crippen MR) is 129 cm³/mol. The molecule has 6 nitrogen and oxygen atoms in total. The minimum absolute atomic E-state index is 0.209. The molecule has 1 heterocycles. The number of anilines is 2. The molecule has 1 atom stereocenters. The van der Waals surface area contributed by atoms with Gasteiger partial charge in [0.1, 0.15) is 6.04 Å². The lowest BCUT2D eigenvalue weighted by Gasteiger charge is -2.36. The summed E-state index contributed by atoms with van der Waals surface area (Å²) in [6.07, 6.45) is 1.26. The Morgan fingerprint density at radius 1 is 1.03 bits per heavy atom. The van der Waals surface area contributed by atoms with Crippen molar-refractivity contribution < 1.29 is 19.1 Å². The number of carbonyl (C=O) groups is 2. The van der Waals surface area contributed by atoms with Gasteiger partial charge < -0.3 is 14.8 Å². The standard InChI is InChI=1S/C27H28N2O4/c1-4-33-24-16-12-20(17-25(24)32-3)27(31)29-22-8-6-5-7-19(22)11-15-23(29)26(30)28-21-13-9-18(2)10-14-21/h5-10,12-14,16-17,23H,4,11,15H2,1-3H3,(H,28,30). The molecule has 3 aromatic carbocycles. The van der Waals surface area contributed by atoms with E-state index in [-0.39, 0.29) is 11.8 Å². The summed E-state index contributed by atoms with van der Waals surface area (Å²) < 4.78 is 11.0. The smallest absolute Gasteiger partial charge is 0.259 e. The zero-order valence-electron chi connectivity index (χ0n) is 19.1. The predicted octanol–water partition coefficient (Wildman–Crippen LogP) is 5.00. The Hall–Kier alpha value is -3.80. The number of rotatable bonds is 6. The molecule has 0 aromatic heterocycles. The molecule has 1 unspecified atom stereocenters. The number of methoxy groups -OCH3 is 1. The maximum absolute atomic E-state index is 13.8. The van der Waals surface area contributed by atoms with Crippen LogP contribution in [0.3, 0.4) is 0 Å². The maximum Gasteiger partial charge on any atom is 0.259 e. The number of para-hydroxylation sites is 1. The van der Waals surface area contributed by atoms with Gasteiger partial charge in [-0.25, -0.2) is 0 Å². The van der Waals surface area contributed by atoms with E-state index >= 15 is 0 Å². The van der Waals surface area contributed by atoms with Crippen LogP contribution < -0.4 is 19.7 Å². The Labute approximate surface area is 194 Å². The third-order valence-electron chi connectivity index (χ3n) is 5.80. The van der Waals surface area contributed by atoms with Gasteiger partial charge in [0, 0.05) is 16.9 Å². The molecule has 0 aliphatic carbocycles. The third kappa shape index (κ3) is 4.70. The summed E-state index contributed by atoms with van der Waals surface area (Å²) in [5, 5.41) is 2.98. The molecule has 0 saturated heterocycles. The molecule has 0 fully saturated rings. The van der Waals surface area contributed by atoms with Crippen LogP contribution in [-0.4, -0.2) is 31.6 Å². The van der Waals surface area contributed by atoms with Crippen molar-refractivity contribution in [2.45, 2.75) is 32.7 Å². The van der Waals surface area contributed by atoms with E-state index in [2.05, 4.69) is 5.32 Å². The molecule has 0 saturated carbocycles. The fourth-order valence-corrected chi connectivity index (χ4v) is 4.12. The molecular formula is C27H28N2O4. The average Bonchev–Trinajstić information content (AvgIpc) is 2.84. The fourth-order valence-electron chi connectivity index (χ4n) is 4.12. The lowest BCUT2D eigenvalue weighted by molar-refractivity contribution is -0.117. The van der Waals surface area contributed by atoms with Crippen LogP contribution in [0.15, 0.2) is 66.7 Å². The van der Waals surface area contributed by atoms with E-state index in [4.69, 9.17) is 9.47 Å². The van der Waals surface area contributed by atoms with E-state index in [1.54, 1.807) is 30.2 Å². The van der Waals surface area contributed by atoms with Crippen LogP contribution in [0.1, 0.15) is 34.8 Å². The Kier molecular flexibility index (Phi) is 6.63. The summed E-state index contributed by atoms with van der Waals surface area (Å²) in [6.45, 7) is 4.38. The Balaban J connectivity index is 1.69. The molecule has 0 radical (unpaired) electrons. The lowest BCUT2D eigenvalue weighted by Crippen LogP contribution is -2.50. The first-order valence-corrected chi connectivity index (χ1v) is 11.1. The van der Waals surface area contributed by atoms with E-state index in [0.29, 0.717) is 35.8 Å². The van der Waals surface area contributed by atoms with Gasteiger partial charge in [-0.15, -0.1) is 0 Å². The van der Waals surface area contributed by atoms with Gasteiger partial charge in [0.2, 0.25) is 5.91 Å². The zero-order valence-corrected chi connectivity index (χ0v) is 19.1. The average molecular weight is 445 g/mol. The highest BCUT2D eigenvalue weighted by molar-refractivity contribution is 6.12. The summed E-state index contributed by atoms with van der Waals surface area (Å²) >= 11 is 0. The summed E-state index contributed by atoms with van der Waals surface area (Å²) in [4.78, 5) is 28.7. The number of nitrogens with one attached hydrogen (secondary N) is 1. The van der Waals surface area contributed by atoms with E-state index in [9.17, 15) is 9.59 Å². The minimum atomic E-state index is -0.633. The summed E-state index contributed by atoms with van der Waals surface area (Å²) in [7, 11) is 1.54. The Bertz CT molecular complexity index is 1160. The number of nitrogens with zero attached hydrogens (tertiary/aromatic N) is 1. The molecule has 170 valence electrons. The van der Waals surface area contributed by atoms with Crippen molar-refractivity contribution in [2.75, 3.05) is 23.9 Å². The van der Waals surface area contributed by atoms with Crippen LogP contribution in [0, 0.1) is 6.92 Å². The van der Waals surface area contributed by atoms with Crippen LogP contribution >= 0.6 is 0 Å². The van der Waals surface area contributed by atoms with Crippen molar-refractivity contribution in [3.8, 4) is 11.5 Å². The van der Waals surface area contributed by atoms with Crippen molar-refractivity contribution >= 4 is 23.2 Å². The second-order valence-corrected chi connectivity index (χ2v) is 8.01. The van der Waals surface area contributed by atoms with E-state index in [1.807, 2.05) is 62.4 Å². The van der Waals surface area contributed by atoms with E-state index in [1.165, 1.54) is 0 Å². The summed E-state index contributed by atoms with van der Waals surface area (Å²) in [6, 6.07) is 19.8. The van der Waals surface area contributed by atoms with Crippen molar-refractivity contribution in [3.63, 3.8) is 0 Å². The first kappa shape index (κ1) is 22.4. The SMILES string of the molecule is CCOc1ccc(C(=O)N2c3ccccc3CCC2C(=O)Nc2ccc(C)cc2)cc1OC. The van der Waals surface area contributed by atoms with Crippen LogP contribution in [0.2, 0.25) is 0 Å². The highest BCUT2D eigenvalue weighted by Crippen LogP contribution is 2.34. The lowest BCUT2D eigenvalue weighted by atomic mass is 9.94. The number of fused-ring (bicyclic) bond motifs is 1. The molecule has 1 aliphatic heterocycles. The fraction of sp³-hybridized carbons (Fsp3) is 0.259. The third-order valence-corrected chi connectivity index (χ3v) is 5.80. The molecule has 1 aliphatic rings. The van der Waals surface area contributed by atoms with Crippen LogP contribution in [0.4, 0.5) is 11.4 Å². The van der Waals surface area contributed by atoms with Gasteiger partial charge in [-0.05, 0) is 68.7 Å². The second-order valence-electron chi connectivity index (χ2n) is 8.01.